The van der Waals surface area contributed by atoms with E-state index in [-0.39, 0.29) is 11.2 Å². The normalized spacial score (nSPS) is 18.4. The maximum atomic E-state index is 13.2. The molecule has 2 rings (SSSR count). The summed E-state index contributed by atoms with van der Waals surface area (Å²) in [6, 6.07) is 7.39. The smallest absolute Gasteiger partial charge is 0.123 e. The lowest BCUT2D eigenvalue weighted by atomic mass is 9.78. The quantitative estimate of drug-likeness (QED) is 0.684. The molecule has 1 fully saturated rings. The number of benzene rings is 1. The van der Waals surface area contributed by atoms with Crippen molar-refractivity contribution in [3.63, 3.8) is 0 Å². The van der Waals surface area contributed by atoms with Gasteiger partial charge < -0.3 is 4.74 Å². The molecular formula is C21H32FNO. The highest BCUT2D eigenvalue weighted by Gasteiger charge is 2.30. The van der Waals surface area contributed by atoms with Gasteiger partial charge in [0.1, 0.15) is 5.82 Å². The number of nitrogens with zero attached hydrogens (tertiary/aromatic N) is 1. The number of hydrogen-bond donors (Lipinski definition) is 0. The Morgan fingerprint density at radius 1 is 1.25 bits per heavy atom. The Balaban J connectivity index is 2.13. The van der Waals surface area contributed by atoms with E-state index >= 15 is 0 Å². The van der Waals surface area contributed by atoms with Gasteiger partial charge in [0, 0.05) is 26.2 Å². The molecule has 1 aliphatic heterocycles. The Hall–Kier alpha value is -1.19. The van der Waals surface area contributed by atoms with Gasteiger partial charge in [0.25, 0.3) is 0 Å². The molecule has 0 amide bonds. The first-order valence-corrected chi connectivity index (χ1v) is 9.00. The summed E-state index contributed by atoms with van der Waals surface area (Å²) in [7, 11) is 1.81. The molecule has 0 bridgehead atoms. The zero-order chi connectivity index (χ0) is 17.7. The van der Waals surface area contributed by atoms with Gasteiger partial charge in [-0.3, -0.25) is 4.90 Å². The second-order valence-electron chi connectivity index (χ2n) is 7.88. The van der Waals surface area contributed by atoms with Gasteiger partial charge >= 0.3 is 0 Å². The molecule has 1 atom stereocenters. The third kappa shape index (κ3) is 5.15. The summed E-state index contributed by atoms with van der Waals surface area (Å²) >= 11 is 0. The van der Waals surface area contributed by atoms with Crippen LogP contribution >= 0.6 is 0 Å². The van der Waals surface area contributed by atoms with Crippen molar-refractivity contribution in [3.05, 3.63) is 47.3 Å². The lowest BCUT2D eigenvalue weighted by Gasteiger charge is -2.39. The second-order valence-corrected chi connectivity index (χ2v) is 7.88. The largest absolute Gasteiger partial charge is 0.381 e. The Labute approximate surface area is 146 Å². The molecule has 1 heterocycles. The number of allylic oxidation sites excluding steroid dienone is 1. The second kappa shape index (κ2) is 8.26. The monoisotopic (exact) mass is 333 g/mol. The summed E-state index contributed by atoms with van der Waals surface area (Å²) in [5.74, 6) is -0.169. The Morgan fingerprint density at radius 3 is 2.33 bits per heavy atom. The minimum absolute atomic E-state index is 0.00240. The average molecular weight is 333 g/mol. The van der Waals surface area contributed by atoms with Gasteiger partial charge in [0.15, 0.2) is 0 Å². The number of piperidine rings is 1. The molecule has 134 valence electrons. The zero-order valence-corrected chi connectivity index (χ0v) is 15.8. The van der Waals surface area contributed by atoms with E-state index in [1.165, 1.54) is 11.1 Å². The molecule has 0 saturated carbocycles. The SMILES string of the molecule is COC1CCN(C(C=C(C)C)CC(C)(C)c2ccc(F)cc2)CC1. The molecule has 1 aliphatic rings. The molecule has 3 heteroatoms. The molecule has 1 unspecified atom stereocenters. The minimum atomic E-state index is -0.169. The summed E-state index contributed by atoms with van der Waals surface area (Å²) < 4.78 is 18.7. The molecule has 0 aromatic heterocycles. The van der Waals surface area contributed by atoms with Crippen molar-refractivity contribution < 1.29 is 9.13 Å². The van der Waals surface area contributed by atoms with E-state index in [0.29, 0.717) is 12.1 Å². The summed E-state index contributed by atoms with van der Waals surface area (Å²) in [4.78, 5) is 2.58. The molecule has 1 aromatic carbocycles. The molecule has 1 aromatic rings. The van der Waals surface area contributed by atoms with Crippen LogP contribution in [0.2, 0.25) is 0 Å². The van der Waals surface area contributed by atoms with Gasteiger partial charge in [0.2, 0.25) is 0 Å². The third-order valence-electron chi connectivity index (χ3n) is 5.15. The van der Waals surface area contributed by atoms with E-state index in [9.17, 15) is 4.39 Å². The van der Waals surface area contributed by atoms with Crippen LogP contribution < -0.4 is 0 Å². The van der Waals surface area contributed by atoms with E-state index in [1.807, 2.05) is 19.2 Å². The summed E-state index contributed by atoms with van der Waals surface area (Å²) in [5.41, 5.74) is 2.55. The summed E-state index contributed by atoms with van der Waals surface area (Å²) in [6.07, 6.45) is 6.01. The minimum Gasteiger partial charge on any atom is -0.381 e. The maximum Gasteiger partial charge on any atom is 0.123 e. The van der Waals surface area contributed by atoms with Crippen LogP contribution in [-0.4, -0.2) is 37.2 Å². The highest BCUT2D eigenvalue weighted by molar-refractivity contribution is 5.25. The molecule has 0 aliphatic carbocycles. The van der Waals surface area contributed by atoms with Crippen LogP contribution in [0.5, 0.6) is 0 Å². The van der Waals surface area contributed by atoms with Crippen molar-refractivity contribution in [1.82, 2.24) is 4.90 Å². The standard InChI is InChI=1S/C21H32FNO/c1-16(2)14-19(23-12-10-20(24-5)11-13-23)15-21(3,4)17-6-8-18(22)9-7-17/h6-9,14,19-20H,10-13,15H2,1-5H3. The fourth-order valence-corrected chi connectivity index (χ4v) is 3.66. The summed E-state index contributed by atoms with van der Waals surface area (Å²) in [5, 5.41) is 0. The zero-order valence-electron chi connectivity index (χ0n) is 15.8. The van der Waals surface area contributed by atoms with Gasteiger partial charge in [-0.25, -0.2) is 4.39 Å². The van der Waals surface area contributed by atoms with Crippen LogP contribution in [0.1, 0.15) is 52.5 Å². The van der Waals surface area contributed by atoms with E-state index in [2.05, 4.69) is 38.7 Å². The fourth-order valence-electron chi connectivity index (χ4n) is 3.66. The topological polar surface area (TPSA) is 12.5 Å². The van der Waals surface area contributed by atoms with Crippen LogP contribution in [0.3, 0.4) is 0 Å². The first-order valence-electron chi connectivity index (χ1n) is 9.00. The lowest BCUT2D eigenvalue weighted by molar-refractivity contribution is 0.0299. The van der Waals surface area contributed by atoms with Crippen molar-refractivity contribution in [1.29, 1.82) is 0 Å². The van der Waals surface area contributed by atoms with E-state index in [1.54, 1.807) is 12.1 Å². The predicted octanol–water partition coefficient (Wildman–Crippen LogP) is 4.94. The number of methoxy groups -OCH3 is 1. The van der Waals surface area contributed by atoms with Crippen molar-refractivity contribution in [3.8, 4) is 0 Å². The average Bonchev–Trinajstić information content (AvgIpc) is 2.54. The van der Waals surface area contributed by atoms with Crippen molar-refractivity contribution >= 4 is 0 Å². The Morgan fingerprint density at radius 2 is 1.83 bits per heavy atom. The van der Waals surface area contributed by atoms with Crippen LogP contribution in [0.25, 0.3) is 0 Å². The number of likely N-dealkylation sites (tertiary alicyclic amines) is 1. The van der Waals surface area contributed by atoms with E-state index in [4.69, 9.17) is 4.74 Å². The third-order valence-corrected chi connectivity index (χ3v) is 5.15. The van der Waals surface area contributed by atoms with Gasteiger partial charge in [-0.1, -0.05) is 37.6 Å². The van der Waals surface area contributed by atoms with Crippen LogP contribution in [0.15, 0.2) is 35.9 Å². The van der Waals surface area contributed by atoms with E-state index in [0.717, 1.165) is 32.4 Å². The van der Waals surface area contributed by atoms with Crippen LogP contribution in [0.4, 0.5) is 4.39 Å². The van der Waals surface area contributed by atoms with Crippen LogP contribution in [0, 0.1) is 5.82 Å². The first-order chi connectivity index (χ1) is 11.3. The molecular weight excluding hydrogens is 301 g/mol. The van der Waals surface area contributed by atoms with Crippen molar-refractivity contribution in [2.45, 2.75) is 64.5 Å². The molecule has 1 saturated heterocycles. The first kappa shape index (κ1) is 19.1. The van der Waals surface area contributed by atoms with Gasteiger partial charge in [-0.15, -0.1) is 0 Å². The molecule has 2 nitrogen and oxygen atoms in total. The highest BCUT2D eigenvalue weighted by atomic mass is 19.1. The predicted molar refractivity (Wildman–Crippen MR) is 98.9 cm³/mol. The Bertz CT molecular complexity index is 537. The highest BCUT2D eigenvalue weighted by Crippen LogP contribution is 2.32. The van der Waals surface area contributed by atoms with Gasteiger partial charge in [-0.2, -0.15) is 0 Å². The molecule has 24 heavy (non-hydrogen) atoms. The van der Waals surface area contributed by atoms with Crippen molar-refractivity contribution in [2.75, 3.05) is 20.2 Å². The van der Waals surface area contributed by atoms with E-state index < -0.39 is 0 Å². The molecule has 0 N–H and O–H groups in total. The maximum absolute atomic E-state index is 13.2. The lowest BCUT2D eigenvalue weighted by Crippen LogP contribution is -2.44. The molecule has 0 spiro atoms. The summed E-state index contributed by atoms with van der Waals surface area (Å²) in [6.45, 7) is 11.0. The molecule has 0 radical (unpaired) electrons. The number of ether oxygens (including phenoxy) is 1. The number of halogens is 1. The number of rotatable bonds is 6. The van der Waals surface area contributed by atoms with Gasteiger partial charge in [0.05, 0.1) is 6.10 Å². The Kier molecular flexibility index (Phi) is 6.59. The van der Waals surface area contributed by atoms with Crippen LogP contribution in [-0.2, 0) is 10.2 Å². The fraction of sp³-hybridized carbons (Fsp3) is 0.619. The van der Waals surface area contributed by atoms with Crippen molar-refractivity contribution in [2.24, 2.45) is 0 Å². The number of hydrogen-bond acceptors (Lipinski definition) is 2. The van der Waals surface area contributed by atoms with Gasteiger partial charge in [-0.05, 0) is 56.2 Å².